The fourth-order valence-electron chi connectivity index (χ4n) is 9.80. The van der Waals surface area contributed by atoms with Crippen LogP contribution in [0.15, 0.2) is 175 Å². The van der Waals surface area contributed by atoms with Gasteiger partial charge in [0.1, 0.15) is 5.75 Å². The summed E-state index contributed by atoms with van der Waals surface area (Å²) >= 11 is 0. The highest BCUT2D eigenvalue weighted by molar-refractivity contribution is 6.29. The molecule has 0 saturated carbocycles. The molecule has 0 radical (unpaired) electrons. The molecule has 6 aliphatic rings. The number of allylic oxidation sites excluding steroid dienone is 4. The summed E-state index contributed by atoms with van der Waals surface area (Å²) in [7, 11) is 0. The molecular weight excluding hydrogens is 689 g/mol. The van der Waals surface area contributed by atoms with Crippen molar-refractivity contribution in [1.82, 2.24) is 9.13 Å². The first kappa shape index (κ1) is 31.3. The first-order valence-electron chi connectivity index (χ1n) is 19.5. The van der Waals surface area contributed by atoms with E-state index < -0.39 is 5.91 Å². The molecule has 1 spiro atoms. The fraction of sp³-hybridized carbons (Fsp3) is 0.100. The first-order valence-corrected chi connectivity index (χ1v) is 19.5. The van der Waals surface area contributed by atoms with Crippen LogP contribution in [0.2, 0.25) is 0 Å². The molecule has 0 aliphatic carbocycles. The van der Waals surface area contributed by atoms with Crippen LogP contribution in [0.4, 0.5) is 0 Å². The molecule has 4 aromatic carbocycles. The van der Waals surface area contributed by atoms with Crippen molar-refractivity contribution in [1.29, 1.82) is 0 Å². The third-order valence-electron chi connectivity index (χ3n) is 12.3. The van der Waals surface area contributed by atoms with Crippen molar-refractivity contribution in [3.63, 3.8) is 0 Å². The Kier molecular flexibility index (Phi) is 6.29. The maximum atomic E-state index is 12.8. The van der Waals surface area contributed by atoms with Crippen LogP contribution in [0.5, 0.6) is 5.75 Å². The Hall–Kier alpha value is -7.05. The van der Waals surface area contributed by atoms with Gasteiger partial charge in [-0.3, -0.25) is 4.79 Å². The number of ether oxygens (including phenoxy) is 1. The van der Waals surface area contributed by atoms with Gasteiger partial charge in [0.15, 0.2) is 0 Å². The molecule has 6 nitrogen and oxygen atoms in total. The van der Waals surface area contributed by atoms with Crippen LogP contribution in [0, 0.1) is 5.92 Å². The monoisotopic (exact) mass is 724 g/mol. The predicted molar refractivity (Wildman–Crippen MR) is 218 cm³/mol. The molecule has 6 aliphatic heterocycles. The summed E-state index contributed by atoms with van der Waals surface area (Å²) in [5.74, 6) is -0.651. The third-order valence-corrected chi connectivity index (χ3v) is 12.3. The van der Waals surface area contributed by atoms with E-state index in [2.05, 4.69) is 170 Å². The van der Waals surface area contributed by atoms with Gasteiger partial charge >= 0.3 is 11.9 Å². The van der Waals surface area contributed by atoms with E-state index in [0.717, 1.165) is 40.4 Å². The Morgan fingerprint density at radius 3 is 1.46 bits per heavy atom. The van der Waals surface area contributed by atoms with Crippen LogP contribution in [0.25, 0.3) is 22.3 Å². The summed E-state index contributed by atoms with van der Waals surface area (Å²) in [5, 5.41) is 2.35. The maximum Gasteiger partial charge on any atom is 0.553 e. The Morgan fingerprint density at radius 2 is 1.00 bits per heavy atom. The molecular formula is C50H36N4O2+2. The molecule has 6 aromatic rings. The summed E-state index contributed by atoms with van der Waals surface area (Å²) in [5.41, 5.74) is 16.2. The van der Waals surface area contributed by atoms with Crippen molar-refractivity contribution in [2.75, 3.05) is 0 Å². The summed E-state index contributed by atoms with van der Waals surface area (Å²) in [6.07, 6.45) is 10.0. The minimum Gasteiger partial charge on any atom is -0.426 e. The lowest BCUT2D eigenvalue weighted by Gasteiger charge is -2.41. The minimum absolute atomic E-state index is 0.162. The predicted octanol–water partition coefficient (Wildman–Crippen LogP) is 7.38. The smallest absolute Gasteiger partial charge is 0.426 e. The van der Waals surface area contributed by atoms with Crippen molar-refractivity contribution >= 4 is 39.7 Å². The summed E-state index contributed by atoms with van der Waals surface area (Å²) in [6, 6.07) is 49.8. The molecule has 0 amide bonds. The van der Waals surface area contributed by atoms with Crippen LogP contribution < -0.4 is 15.4 Å². The number of rotatable bonds is 7. The van der Waals surface area contributed by atoms with Crippen molar-refractivity contribution in [2.45, 2.75) is 26.2 Å². The number of hydrogen-bond acceptors (Lipinski definition) is 2. The molecule has 6 heteroatoms. The van der Waals surface area contributed by atoms with E-state index in [0.29, 0.717) is 5.75 Å². The molecule has 2 aromatic heterocycles. The highest BCUT2D eigenvalue weighted by Gasteiger charge is 2.72. The molecule has 56 heavy (non-hydrogen) atoms. The van der Waals surface area contributed by atoms with Crippen molar-refractivity contribution < 1.29 is 18.7 Å². The van der Waals surface area contributed by atoms with E-state index in [-0.39, 0.29) is 11.9 Å². The Labute approximate surface area is 323 Å². The number of benzene rings is 4. The quantitative estimate of drug-likeness (QED) is 0.0981. The van der Waals surface area contributed by atoms with Crippen LogP contribution in [-0.4, -0.2) is 35.7 Å². The van der Waals surface area contributed by atoms with Crippen molar-refractivity contribution in [2.24, 2.45) is 5.92 Å². The molecule has 2 unspecified atom stereocenters. The molecule has 0 bridgehead atoms. The highest BCUT2D eigenvalue weighted by atomic mass is 16.5. The van der Waals surface area contributed by atoms with E-state index in [1.807, 2.05) is 26.0 Å². The Bertz CT molecular complexity index is 3080. The largest absolute Gasteiger partial charge is 0.553 e. The zero-order chi connectivity index (χ0) is 37.3. The minimum atomic E-state index is -0.839. The van der Waals surface area contributed by atoms with Crippen molar-refractivity contribution in [3.05, 3.63) is 220 Å². The number of esters is 1. The molecule has 2 atom stereocenters. The van der Waals surface area contributed by atoms with Crippen LogP contribution in [-0.2, 0) is 10.7 Å². The lowest BCUT2D eigenvalue weighted by Crippen LogP contribution is -2.71. The molecule has 12 rings (SSSR count). The molecule has 0 fully saturated rings. The standard InChI is InChI=1S/C50H36N4O2/c1-3-31(2)49(55)56-36-21-19-35(20-22-36)48-43-29-27-41-46(33-15-9-5-10-16-33)39-25-23-37-45(32-13-7-4-8-14-32)38-24-26-40-47(34-17-11-6-12-18-34)42-28-30-44(48)54(42)50(51(37)39,52(38)40)53(41)43/h4-31H,3H2,1-2H3/q+2. The van der Waals surface area contributed by atoms with Gasteiger partial charge in [-0.2, -0.15) is 9.13 Å². The van der Waals surface area contributed by atoms with Gasteiger partial charge in [-0.1, -0.05) is 126 Å². The van der Waals surface area contributed by atoms with Gasteiger partial charge in [-0.25, -0.2) is 0 Å². The zero-order valence-electron chi connectivity index (χ0n) is 31.0. The second kappa shape index (κ2) is 11.2. The average molecular weight is 725 g/mol. The Balaban J connectivity index is 1.23. The highest BCUT2D eigenvalue weighted by Crippen LogP contribution is 2.53. The van der Waals surface area contributed by atoms with Gasteiger partial charge < -0.3 is 4.74 Å². The number of carbonyl (C=O) groups is 1. The first-order chi connectivity index (χ1) is 27.6. The SMILES string of the molecule is CCC(C)C(=O)Oc1ccc(C2=C3C=CC4=[N+]3C35n6c(ccc62)C(c2ccccc2)=C2C=CC(=[N+]23)C(c2ccccc2)=c2ccc(n25)=C4c2ccccc2)cc1. The summed E-state index contributed by atoms with van der Waals surface area (Å²) in [6.45, 7) is 3.91. The molecule has 8 heterocycles. The average Bonchev–Trinajstić information content (AvgIpc) is 4.08. The topological polar surface area (TPSA) is 42.2 Å². The van der Waals surface area contributed by atoms with Crippen LogP contribution in [0.3, 0.4) is 0 Å². The van der Waals surface area contributed by atoms with Crippen LogP contribution >= 0.6 is 0 Å². The van der Waals surface area contributed by atoms with Gasteiger partial charge in [0.25, 0.3) is 0 Å². The molecule has 266 valence electrons. The van der Waals surface area contributed by atoms with Gasteiger partial charge in [-0.15, -0.1) is 0 Å². The zero-order valence-corrected chi connectivity index (χ0v) is 31.0. The lowest BCUT2D eigenvalue weighted by atomic mass is 9.93. The van der Waals surface area contributed by atoms with E-state index in [1.54, 1.807) is 0 Å². The van der Waals surface area contributed by atoms with E-state index >= 15 is 0 Å². The number of nitrogens with zero attached hydrogens (tertiary/aromatic N) is 4. The summed E-state index contributed by atoms with van der Waals surface area (Å²) in [4.78, 5) is 12.8. The lowest BCUT2D eigenvalue weighted by molar-refractivity contribution is -0.834. The number of aromatic nitrogens is 2. The number of hydrogen-bond donors (Lipinski definition) is 0. The normalized spacial score (nSPS) is 19.6. The fourth-order valence-corrected chi connectivity index (χ4v) is 9.80. The third kappa shape index (κ3) is 3.83. The van der Waals surface area contributed by atoms with Gasteiger partial charge in [0, 0.05) is 24.3 Å². The van der Waals surface area contributed by atoms with Crippen LogP contribution in [0.1, 0.15) is 53.9 Å². The van der Waals surface area contributed by atoms with Gasteiger partial charge in [0.2, 0.25) is 22.8 Å². The molecule has 0 N–H and O–H groups in total. The van der Waals surface area contributed by atoms with Crippen molar-refractivity contribution in [3.8, 4) is 5.75 Å². The second-order valence-electron chi connectivity index (χ2n) is 15.2. The van der Waals surface area contributed by atoms with E-state index in [9.17, 15) is 4.79 Å². The molecule has 0 saturated heterocycles. The summed E-state index contributed by atoms with van der Waals surface area (Å²) < 4.78 is 16.2. The van der Waals surface area contributed by atoms with Gasteiger partial charge in [-0.05, 0) is 65.1 Å². The second-order valence-corrected chi connectivity index (χ2v) is 15.2. The van der Waals surface area contributed by atoms with E-state index in [1.165, 1.54) is 55.5 Å². The van der Waals surface area contributed by atoms with Gasteiger partial charge in [0.05, 0.1) is 50.3 Å². The number of carbonyl (C=O) groups excluding carboxylic acids is 1. The Morgan fingerprint density at radius 1 is 0.554 bits per heavy atom. The van der Waals surface area contributed by atoms with E-state index in [4.69, 9.17) is 4.74 Å². The maximum absolute atomic E-state index is 12.8.